The molecular weight excluding hydrogens is 358 g/mol. The molecule has 1 heterocycles. The molecular formula is C21H33N3O4. The van der Waals surface area contributed by atoms with Gasteiger partial charge in [-0.1, -0.05) is 32.0 Å². The van der Waals surface area contributed by atoms with Crippen LogP contribution in [0.5, 0.6) is 5.75 Å². The van der Waals surface area contributed by atoms with E-state index in [1.165, 1.54) is 0 Å². The van der Waals surface area contributed by atoms with Crippen LogP contribution in [-0.2, 0) is 14.3 Å². The van der Waals surface area contributed by atoms with E-state index >= 15 is 0 Å². The molecule has 1 atom stereocenters. The van der Waals surface area contributed by atoms with Gasteiger partial charge in [0.05, 0.1) is 13.2 Å². The third-order valence-corrected chi connectivity index (χ3v) is 4.94. The number of hydrogen-bond acceptors (Lipinski definition) is 5. The Morgan fingerprint density at radius 3 is 2.43 bits per heavy atom. The summed E-state index contributed by atoms with van der Waals surface area (Å²) < 4.78 is 10.9. The molecule has 0 aliphatic carbocycles. The van der Waals surface area contributed by atoms with Crippen LogP contribution in [0.25, 0.3) is 0 Å². The smallest absolute Gasteiger partial charge is 0.258 e. The van der Waals surface area contributed by atoms with Crippen molar-refractivity contribution in [2.75, 3.05) is 39.5 Å². The number of rotatable bonds is 9. The first-order valence-electron chi connectivity index (χ1n) is 9.87. The van der Waals surface area contributed by atoms with Crippen LogP contribution in [0.15, 0.2) is 30.3 Å². The van der Waals surface area contributed by atoms with Crippen LogP contribution < -0.4 is 15.4 Å². The maximum atomic E-state index is 12.7. The molecule has 0 saturated carbocycles. The zero-order valence-electron chi connectivity index (χ0n) is 17.4. The summed E-state index contributed by atoms with van der Waals surface area (Å²) >= 11 is 0. The van der Waals surface area contributed by atoms with Gasteiger partial charge in [0.15, 0.2) is 6.61 Å². The summed E-state index contributed by atoms with van der Waals surface area (Å²) in [6, 6.07) is 8.53. The average molecular weight is 392 g/mol. The molecule has 1 aromatic rings. The second kappa shape index (κ2) is 10.4. The second-order valence-electron chi connectivity index (χ2n) is 8.02. The van der Waals surface area contributed by atoms with Gasteiger partial charge in [0.1, 0.15) is 11.8 Å². The Labute approximate surface area is 167 Å². The molecule has 156 valence electrons. The molecule has 1 aliphatic heterocycles. The van der Waals surface area contributed by atoms with Crippen LogP contribution in [0.2, 0.25) is 0 Å². The van der Waals surface area contributed by atoms with Crippen molar-refractivity contribution in [1.29, 1.82) is 0 Å². The fourth-order valence-corrected chi connectivity index (χ4v) is 3.11. The van der Waals surface area contributed by atoms with Gasteiger partial charge in [0.2, 0.25) is 5.91 Å². The monoisotopic (exact) mass is 391 g/mol. The molecule has 1 aliphatic rings. The predicted molar refractivity (Wildman–Crippen MR) is 108 cm³/mol. The largest absolute Gasteiger partial charge is 0.484 e. The molecule has 0 unspecified atom stereocenters. The molecule has 7 nitrogen and oxygen atoms in total. The highest BCUT2D eigenvalue weighted by Gasteiger charge is 2.31. The standard InChI is InChI=1S/C21H33N3O4/c1-16(2)19(23-18(25)14-28-17-8-6-5-7-9-17)20(26)22-15-21(3,4)24-10-12-27-13-11-24/h5-9,16,19H,10-15H2,1-4H3,(H,22,26)(H,23,25)/t19-/m0/s1. The maximum Gasteiger partial charge on any atom is 0.258 e. The summed E-state index contributed by atoms with van der Waals surface area (Å²) in [5.74, 6) is 0.0946. The quantitative estimate of drug-likeness (QED) is 0.666. The van der Waals surface area contributed by atoms with E-state index in [4.69, 9.17) is 9.47 Å². The molecule has 0 radical (unpaired) electrons. The highest BCUT2D eigenvalue weighted by molar-refractivity contribution is 5.88. The minimum Gasteiger partial charge on any atom is -0.484 e. The van der Waals surface area contributed by atoms with Crippen molar-refractivity contribution < 1.29 is 19.1 Å². The molecule has 0 spiro atoms. The first kappa shape index (κ1) is 22.2. The van der Waals surface area contributed by atoms with E-state index in [9.17, 15) is 9.59 Å². The highest BCUT2D eigenvalue weighted by Crippen LogP contribution is 2.15. The van der Waals surface area contributed by atoms with Crippen molar-refractivity contribution in [3.05, 3.63) is 30.3 Å². The van der Waals surface area contributed by atoms with E-state index < -0.39 is 6.04 Å². The van der Waals surface area contributed by atoms with Crippen molar-refractivity contribution >= 4 is 11.8 Å². The van der Waals surface area contributed by atoms with E-state index in [0.29, 0.717) is 25.5 Å². The van der Waals surface area contributed by atoms with E-state index in [1.807, 2.05) is 32.0 Å². The van der Waals surface area contributed by atoms with E-state index in [2.05, 4.69) is 29.4 Å². The van der Waals surface area contributed by atoms with Crippen molar-refractivity contribution in [3.8, 4) is 5.75 Å². The van der Waals surface area contributed by atoms with Crippen LogP contribution in [0.3, 0.4) is 0 Å². The number of carbonyl (C=O) groups is 2. The molecule has 1 fully saturated rings. The predicted octanol–water partition coefficient (Wildman–Crippen LogP) is 1.43. The van der Waals surface area contributed by atoms with Crippen molar-refractivity contribution in [1.82, 2.24) is 15.5 Å². The van der Waals surface area contributed by atoms with Crippen molar-refractivity contribution in [2.24, 2.45) is 5.92 Å². The fourth-order valence-electron chi connectivity index (χ4n) is 3.11. The minimum absolute atomic E-state index is 0.0350. The Balaban J connectivity index is 1.84. The van der Waals surface area contributed by atoms with Crippen LogP contribution in [0.4, 0.5) is 0 Å². The summed E-state index contributed by atoms with van der Waals surface area (Å²) in [5, 5.41) is 5.80. The Bertz CT molecular complexity index is 628. The lowest BCUT2D eigenvalue weighted by Crippen LogP contribution is -2.58. The molecule has 7 heteroatoms. The highest BCUT2D eigenvalue weighted by atomic mass is 16.5. The number of carbonyl (C=O) groups excluding carboxylic acids is 2. The van der Waals surface area contributed by atoms with Crippen LogP contribution in [0, 0.1) is 5.92 Å². The molecule has 2 amide bonds. The van der Waals surface area contributed by atoms with Gasteiger partial charge < -0.3 is 20.1 Å². The lowest BCUT2D eigenvalue weighted by Gasteiger charge is -2.41. The van der Waals surface area contributed by atoms with Gasteiger partial charge >= 0.3 is 0 Å². The lowest BCUT2D eigenvalue weighted by molar-refractivity contribution is -0.131. The van der Waals surface area contributed by atoms with Gasteiger partial charge in [0, 0.05) is 25.2 Å². The van der Waals surface area contributed by atoms with Gasteiger partial charge in [-0.05, 0) is 31.9 Å². The van der Waals surface area contributed by atoms with E-state index in [0.717, 1.165) is 13.1 Å². The summed E-state index contributed by atoms with van der Waals surface area (Å²) in [4.78, 5) is 27.3. The van der Waals surface area contributed by atoms with Gasteiger partial charge in [-0.3, -0.25) is 14.5 Å². The topological polar surface area (TPSA) is 79.9 Å². The molecule has 28 heavy (non-hydrogen) atoms. The third kappa shape index (κ3) is 6.80. The summed E-state index contributed by atoms with van der Waals surface area (Å²) in [6.07, 6.45) is 0. The van der Waals surface area contributed by atoms with Gasteiger partial charge in [0.25, 0.3) is 5.91 Å². The Kier molecular flexibility index (Phi) is 8.26. The number of para-hydroxylation sites is 1. The van der Waals surface area contributed by atoms with Crippen molar-refractivity contribution in [2.45, 2.75) is 39.3 Å². The SMILES string of the molecule is CC(C)[C@H](NC(=O)COc1ccccc1)C(=O)NCC(C)(C)N1CCOCC1. The van der Waals surface area contributed by atoms with Gasteiger partial charge in [-0.2, -0.15) is 0 Å². The fraction of sp³-hybridized carbons (Fsp3) is 0.619. The number of benzene rings is 1. The first-order valence-corrected chi connectivity index (χ1v) is 9.87. The second-order valence-corrected chi connectivity index (χ2v) is 8.02. The number of ether oxygens (including phenoxy) is 2. The third-order valence-electron chi connectivity index (χ3n) is 4.94. The minimum atomic E-state index is -0.604. The van der Waals surface area contributed by atoms with E-state index in [1.54, 1.807) is 12.1 Å². The van der Waals surface area contributed by atoms with E-state index in [-0.39, 0.29) is 29.9 Å². The molecule has 2 N–H and O–H groups in total. The number of nitrogens with one attached hydrogen (secondary N) is 2. The summed E-state index contributed by atoms with van der Waals surface area (Å²) in [7, 11) is 0. The number of hydrogen-bond donors (Lipinski definition) is 2. The molecule has 0 bridgehead atoms. The Hall–Kier alpha value is -2.12. The van der Waals surface area contributed by atoms with Gasteiger partial charge in [-0.25, -0.2) is 0 Å². The molecule has 1 aromatic carbocycles. The molecule has 2 rings (SSSR count). The number of amides is 2. The zero-order valence-corrected chi connectivity index (χ0v) is 17.4. The molecule has 1 saturated heterocycles. The Morgan fingerprint density at radius 1 is 1.18 bits per heavy atom. The number of nitrogens with zero attached hydrogens (tertiary/aromatic N) is 1. The number of morpholine rings is 1. The first-order chi connectivity index (χ1) is 13.3. The van der Waals surface area contributed by atoms with Crippen molar-refractivity contribution in [3.63, 3.8) is 0 Å². The van der Waals surface area contributed by atoms with Crippen LogP contribution in [-0.4, -0.2) is 67.7 Å². The maximum absolute atomic E-state index is 12.7. The lowest BCUT2D eigenvalue weighted by atomic mass is 10.00. The summed E-state index contributed by atoms with van der Waals surface area (Å²) in [6.45, 7) is 11.5. The summed E-state index contributed by atoms with van der Waals surface area (Å²) in [5.41, 5.74) is -0.179. The molecule has 0 aromatic heterocycles. The Morgan fingerprint density at radius 2 is 1.82 bits per heavy atom. The zero-order chi connectivity index (χ0) is 20.6. The average Bonchev–Trinajstić information content (AvgIpc) is 2.70. The van der Waals surface area contributed by atoms with Crippen LogP contribution in [0.1, 0.15) is 27.7 Å². The van der Waals surface area contributed by atoms with Crippen LogP contribution >= 0.6 is 0 Å². The normalized spacial score (nSPS) is 16.5. The van der Waals surface area contributed by atoms with Gasteiger partial charge in [-0.15, -0.1) is 0 Å².